The topological polar surface area (TPSA) is 89.5 Å². The van der Waals surface area contributed by atoms with Gasteiger partial charge in [0.05, 0.1) is 37.0 Å². The number of nitrogens with zero attached hydrogens (tertiary/aromatic N) is 3. The summed E-state index contributed by atoms with van der Waals surface area (Å²) in [4.78, 5) is 20.0. The average molecular weight is 428 g/mol. The van der Waals surface area contributed by atoms with Crippen molar-refractivity contribution < 1.29 is 17.9 Å². The molecule has 9 heteroatoms. The first-order valence-electron chi connectivity index (χ1n) is 8.73. The number of rotatable bonds is 5. The van der Waals surface area contributed by atoms with Gasteiger partial charge in [-0.2, -0.15) is 0 Å². The van der Waals surface area contributed by atoms with Crippen molar-refractivity contribution in [3.8, 4) is 11.3 Å². The smallest absolute Gasteiger partial charge is 0.316 e. The summed E-state index contributed by atoms with van der Waals surface area (Å²) < 4.78 is 32.7. The summed E-state index contributed by atoms with van der Waals surface area (Å²) in [7, 11) is -2.53. The SMILES string of the molecule is COC(=O)CSc1ncc2c(n1)-c1ccccc1N(Cc1ccccc1)S2(=O)=O. The number of benzene rings is 2. The van der Waals surface area contributed by atoms with Crippen LogP contribution in [0.3, 0.4) is 0 Å². The zero-order valence-corrected chi connectivity index (χ0v) is 17.1. The highest BCUT2D eigenvalue weighted by atomic mass is 32.2. The number of anilines is 1. The summed E-state index contributed by atoms with van der Waals surface area (Å²) in [6.07, 6.45) is 1.31. The highest BCUT2D eigenvalue weighted by molar-refractivity contribution is 7.99. The Hall–Kier alpha value is -2.91. The molecule has 7 nitrogen and oxygen atoms in total. The fourth-order valence-electron chi connectivity index (χ4n) is 3.05. The van der Waals surface area contributed by atoms with Crippen LogP contribution in [0.1, 0.15) is 5.56 Å². The molecule has 1 aliphatic rings. The van der Waals surface area contributed by atoms with Gasteiger partial charge in [0.15, 0.2) is 5.16 Å². The van der Waals surface area contributed by atoms with Crippen molar-refractivity contribution >= 4 is 33.4 Å². The Morgan fingerprint density at radius 2 is 1.83 bits per heavy atom. The van der Waals surface area contributed by atoms with Crippen molar-refractivity contribution in [3.63, 3.8) is 0 Å². The molecule has 4 rings (SSSR count). The third-order valence-corrected chi connectivity index (χ3v) is 7.04. The van der Waals surface area contributed by atoms with Crippen LogP contribution in [0.15, 0.2) is 70.8 Å². The maximum absolute atomic E-state index is 13.4. The molecule has 2 heterocycles. The lowest BCUT2D eigenvalue weighted by molar-refractivity contribution is -0.137. The lowest BCUT2D eigenvalue weighted by Gasteiger charge is -2.31. The Bertz CT molecular complexity index is 1170. The second kappa shape index (κ2) is 7.84. The first kappa shape index (κ1) is 19.4. The molecule has 0 fully saturated rings. The monoisotopic (exact) mass is 427 g/mol. The Morgan fingerprint density at radius 3 is 2.59 bits per heavy atom. The predicted octanol–water partition coefficient (Wildman–Crippen LogP) is 3.12. The van der Waals surface area contributed by atoms with Gasteiger partial charge in [0.2, 0.25) is 0 Å². The molecule has 0 saturated carbocycles. The van der Waals surface area contributed by atoms with Crippen LogP contribution in [0.5, 0.6) is 0 Å². The van der Waals surface area contributed by atoms with Gasteiger partial charge in [0.1, 0.15) is 4.90 Å². The Kier molecular flexibility index (Phi) is 5.25. The minimum atomic E-state index is -3.84. The molecule has 0 saturated heterocycles. The van der Waals surface area contributed by atoms with Gasteiger partial charge in [-0.3, -0.25) is 9.10 Å². The van der Waals surface area contributed by atoms with E-state index in [4.69, 9.17) is 0 Å². The molecule has 0 radical (unpaired) electrons. The second-order valence-electron chi connectivity index (χ2n) is 6.24. The van der Waals surface area contributed by atoms with Crippen molar-refractivity contribution in [1.82, 2.24) is 9.97 Å². The van der Waals surface area contributed by atoms with Crippen LogP contribution in [0.4, 0.5) is 5.69 Å². The lowest BCUT2D eigenvalue weighted by Crippen LogP contribution is -2.34. The number of carbonyl (C=O) groups excluding carboxylic acids is 1. The van der Waals surface area contributed by atoms with Gasteiger partial charge in [-0.05, 0) is 11.6 Å². The number of fused-ring (bicyclic) bond motifs is 3. The second-order valence-corrected chi connectivity index (χ2v) is 9.02. The van der Waals surface area contributed by atoms with E-state index < -0.39 is 16.0 Å². The van der Waals surface area contributed by atoms with E-state index in [0.717, 1.165) is 17.3 Å². The number of sulfonamides is 1. The number of hydrogen-bond donors (Lipinski definition) is 0. The molecule has 3 aromatic rings. The third-order valence-electron chi connectivity index (χ3n) is 4.44. The van der Waals surface area contributed by atoms with E-state index in [0.29, 0.717) is 22.1 Å². The lowest BCUT2D eigenvalue weighted by atomic mass is 10.1. The molecule has 0 amide bonds. The van der Waals surface area contributed by atoms with Gasteiger partial charge < -0.3 is 4.74 Å². The van der Waals surface area contributed by atoms with Crippen LogP contribution >= 0.6 is 11.8 Å². The minimum absolute atomic E-state index is 0.0455. The number of para-hydroxylation sites is 1. The molecule has 148 valence electrons. The van der Waals surface area contributed by atoms with Crippen LogP contribution < -0.4 is 4.31 Å². The van der Waals surface area contributed by atoms with E-state index in [9.17, 15) is 13.2 Å². The molecular formula is C20H17N3O4S2. The predicted molar refractivity (Wildman–Crippen MR) is 110 cm³/mol. The molecule has 1 aliphatic heterocycles. The highest BCUT2D eigenvalue weighted by Crippen LogP contribution is 2.42. The van der Waals surface area contributed by atoms with Gasteiger partial charge in [0, 0.05) is 5.56 Å². The summed E-state index contributed by atoms with van der Waals surface area (Å²) in [5.74, 6) is -0.359. The van der Waals surface area contributed by atoms with E-state index >= 15 is 0 Å². The number of methoxy groups -OCH3 is 1. The number of carbonyl (C=O) groups is 1. The van der Waals surface area contributed by atoms with Crippen molar-refractivity contribution in [3.05, 3.63) is 66.4 Å². The van der Waals surface area contributed by atoms with Crippen LogP contribution in [0.25, 0.3) is 11.3 Å². The van der Waals surface area contributed by atoms with Crippen molar-refractivity contribution in [2.24, 2.45) is 0 Å². The van der Waals surface area contributed by atoms with Gasteiger partial charge in [-0.15, -0.1) is 0 Å². The van der Waals surface area contributed by atoms with E-state index in [2.05, 4.69) is 14.7 Å². The van der Waals surface area contributed by atoms with Crippen LogP contribution in [-0.2, 0) is 26.1 Å². The molecule has 0 unspecified atom stereocenters. The zero-order valence-electron chi connectivity index (χ0n) is 15.5. The van der Waals surface area contributed by atoms with E-state index in [-0.39, 0.29) is 17.2 Å². The zero-order chi connectivity index (χ0) is 20.4. The van der Waals surface area contributed by atoms with Crippen molar-refractivity contribution in [2.45, 2.75) is 16.6 Å². The third kappa shape index (κ3) is 3.70. The Morgan fingerprint density at radius 1 is 1.10 bits per heavy atom. The molecule has 0 aliphatic carbocycles. The molecule has 1 aromatic heterocycles. The van der Waals surface area contributed by atoms with Crippen LogP contribution in [0.2, 0.25) is 0 Å². The quantitative estimate of drug-likeness (QED) is 0.351. The maximum atomic E-state index is 13.4. The van der Waals surface area contributed by atoms with Crippen LogP contribution in [0, 0.1) is 0 Å². The molecule has 2 aromatic carbocycles. The summed E-state index contributed by atoms with van der Waals surface area (Å²) in [6, 6.07) is 16.6. The van der Waals surface area contributed by atoms with Crippen molar-refractivity contribution in [2.75, 3.05) is 17.2 Å². The van der Waals surface area contributed by atoms with Gasteiger partial charge in [0.25, 0.3) is 10.0 Å². The average Bonchev–Trinajstić information content (AvgIpc) is 2.75. The maximum Gasteiger partial charge on any atom is 0.316 e. The van der Waals surface area contributed by atoms with Crippen molar-refractivity contribution in [1.29, 1.82) is 0 Å². The standard InChI is InChI=1S/C20H17N3O4S2/c1-27-18(24)13-28-20-21-11-17-19(22-20)15-9-5-6-10-16(15)23(29(17,25)26)12-14-7-3-2-4-8-14/h2-11H,12-13H2,1H3. The number of hydrogen-bond acceptors (Lipinski definition) is 7. The van der Waals surface area contributed by atoms with Gasteiger partial charge in [-0.25, -0.2) is 18.4 Å². The molecule has 0 atom stereocenters. The number of ether oxygens (including phenoxy) is 1. The largest absolute Gasteiger partial charge is 0.468 e. The summed E-state index contributed by atoms with van der Waals surface area (Å²) >= 11 is 1.10. The summed E-state index contributed by atoms with van der Waals surface area (Å²) in [5.41, 5.74) is 2.48. The molecule has 0 spiro atoms. The minimum Gasteiger partial charge on any atom is -0.468 e. The fraction of sp³-hybridized carbons (Fsp3) is 0.150. The molecule has 0 N–H and O–H groups in total. The fourth-order valence-corrected chi connectivity index (χ4v) is 5.26. The summed E-state index contributed by atoms with van der Waals surface area (Å²) in [5, 5.41) is 0.315. The Labute approximate surface area is 172 Å². The van der Waals surface area contributed by atoms with Crippen LogP contribution in [-0.4, -0.2) is 37.2 Å². The normalized spacial score (nSPS) is 14.0. The van der Waals surface area contributed by atoms with E-state index in [1.165, 1.54) is 17.6 Å². The van der Waals surface area contributed by atoms with Gasteiger partial charge in [-0.1, -0.05) is 60.3 Å². The van der Waals surface area contributed by atoms with Gasteiger partial charge >= 0.3 is 5.97 Å². The number of esters is 1. The number of aromatic nitrogens is 2. The first-order valence-corrected chi connectivity index (χ1v) is 11.2. The molecule has 0 bridgehead atoms. The first-order chi connectivity index (χ1) is 14.0. The molecular weight excluding hydrogens is 410 g/mol. The van der Waals surface area contributed by atoms with E-state index in [1.807, 2.05) is 42.5 Å². The Balaban J connectivity index is 1.78. The number of thioether (sulfide) groups is 1. The molecule has 29 heavy (non-hydrogen) atoms. The highest BCUT2D eigenvalue weighted by Gasteiger charge is 2.36. The van der Waals surface area contributed by atoms with E-state index in [1.54, 1.807) is 12.1 Å². The summed E-state index contributed by atoms with van der Waals surface area (Å²) in [6.45, 7) is 0.207.